The zero-order chi connectivity index (χ0) is 11.9. The molecule has 1 fully saturated rings. The molecule has 1 aromatic carbocycles. The van der Waals surface area contributed by atoms with Gasteiger partial charge in [0.05, 0.1) is 12.2 Å². The molecule has 3 rings (SSSR count). The van der Waals surface area contributed by atoms with E-state index in [0.717, 1.165) is 19.4 Å². The largest absolute Gasteiger partial charge is 0.366 e. The first kappa shape index (κ1) is 11.2. The van der Waals surface area contributed by atoms with Crippen LogP contribution in [0.25, 0.3) is 0 Å². The first-order valence-corrected chi connectivity index (χ1v) is 6.69. The van der Waals surface area contributed by atoms with Crippen molar-refractivity contribution in [1.29, 1.82) is 0 Å². The van der Waals surface area contributed by atoms with Gasteiger partial charge in [-0.25, -0.2) is 0 Å². The molecule has 2 N–H and O–H groups in total. The van der Waals surface area contributed by atoms with Crippen LogP contribution in [0.4, 0.5) is 0 Å². The number of fused-ring (bicyclic) bond motifs is 2. The zero-order valence-corrected chi connectivity index (χ0v) is 10.5. The molecule has 1 aliphatic heterocycles. The van der Waals surface area contributed by atoms with Crippen LogP contribution >= 0.6 is 0 Å². The van der Waals surface area contributed by atoms with Crippen molar-refractivity contribution in [3.63, 3.8) is 0 Å². The van der Waals surface area contributed by atoms with Crippen molar-refractivity contribution in [1.82, 2.24) is 0 Å². The molecule has 1 spiro atoms. The van der Waals surface area contributed by atoms with Gasteiger partial charge in [0.2, 0.25) is 0 Å². The third-order valence-electron chi connectivity index (χ3n) is 4.59. The molecule has 2 aliphatic rings. The van der Waals surface area contributed by atoms with Crippen LogP contribution in [0.2, 0.25) is 0 Å². The van der Waals surface area contributed by atoms with Crippen molar-refractivity contribution in [2.24, 2.45) is 11.7 Å². The fraction of sp³-hybridized carbons (Fsp3) is 0.600. The molecule has 1 aliphatic carbocycles. The van der Waals surface area contributed by atoms with Crippen LogP contribution in [0, 0.1) is 5.92 Å². The molecule has 17 heavy (non-hydrogen) atoms. The summed E-state index contributed by atoms with van der Waals surface area (Å²) in [4.78, 5) is 0. The number of rotatable bonds is 1. The molecule has 2 heteroatoms. The average molecular weight is 231 g/mol. The lowest BCUT2D eigenvalue weighted by Gasteiger charge is -2.38. The van der Waals surface area contributed by atoms with E-state index in [-0.39, 0.29) is 5.60 Å². The van der Waals surface area contributed by atoms with Gasteiger partial charge in [-0.2, -0.15) is 0 Å². The molecular formula is C15H21NO. The smallest absolute Gasteiger partial charge is 0.0939 e. The van der Waals surface area contributed by atoms with Crippen LogP contribution in [0.3, 0.4) is 0 Å². The van der Waals surface area contributed by atoms with Crippen molar-refractivity contribution in [2.45, 2.75) is 50.9 Å². The highest BCUT2D eigenvalue weighted by atomic mass is 16.5. The summed E-state index contributed by atoms with van der Waals surface area (Å²) in [5.74, 6) is 0.678. The van der Waals surface area contributed by atoms with Crippen molar-refractivity contribution in [2.75, 3.05) is 0 Å². The molecule has 1 aromatic rings. The topological polar surface area (TPSA) is 35.2 Å². The average Bonchev–Trinajstić information content (AvgIpc) is 2.70. The highest BCUT2D eigenvalue weighted by molar-refractivity contribution is 5.35. The Hall–Kier alpha value is -0.860. The number of nitrogens with two attached hydrogens (primary N) is 1. The van der Waals surface area contributed by atoms with Crippen LogP contribution in [-0.4, -0.2) is 6.04 Å². The van der Waals surface area contributed by atoms with E-state index < -0.39 is 0 Å². The first-order chi connectivity index (χ1) is 8.21. The summed E-state index contributed by atoms with van der Waals surface area (Å²) >= 11 is 0. The third-order valence-corrected chi connectivity index (χ3v) is 4.59. The van der Waals surface area contributed by atoms with Gasteiger partial charge < -0.3 is 10.5 Å². The Morgan fingerprint density at radius 1 is 1.29 bits per heavy atom. The van der Waals surface area contributed by atoms with E-state index in [9.17, 15) is 0 Å². The summed E-state index contributed by atoms with van der Waals surface area (Å²) in [6.07, 6.45) is 4.67. The fourth-order valence-corrected chi connectivity index (χ4v) is 3.43. The van der Waals surface area contributed by atoms with E-state index in [2.05, 4.69) is 31.2 Å². The van der Waals surface area contributed by atoms with Gasteiger partial charge in [-0.1, -0.05) is 24.3 Å². The van der Waals surface area contributed by atoms with Crippen LogP contribution in [0.1, 0.15) is 43.7 Å². The van der Waals surface area contributed by atoms with Crippen molar-refractivity contribution >= 4 is 0 Å². The lowest BCUT2D eigenvalue weighted by atomic mass is 9.73. The third kappa shape index (κ3) is 1.80. The molecule has 1 atom stereocenters. The Kier molecular flexibility index (Phi) is 2.72. The number of benzene rings is 1. The minimum atomic E-state index is 0.0159. The van der Waals surface area contributed by atoms with Crippen LogP contribution in [-0.2, 0) is 16.9 Å². The lowest BCUT2D eigenvalue weighted by Crippen LogP contribution is -2.37. The quantitative estimate of drug-likeness (QED) is 0.806. The first-order valence-electron chi connectivity index (χ1n) is 6.69. The van der Waals surface area contributed by atoms with E-state index in [4.69, 9.17) is 10.5 Å². The molecule has 0 bridgehead atoms. The van der Waals surface area contributed by atoms with Crippen molar-refractivity contribution < 1.29 is 4.74 Å². The summed E-state index contributed by atoms with van der Waals surface area (Å²) < 4.78 is 6.14. The molecule has 0 aromatic heterocycles. The Labute approximate surface area is 103 Å². The molecule has 2 nitrogen and oxygen atoms in total. The van der Waals surface area contributed by atoms with Gasteiger partial charge in [-0.3, -0.25) is 0 Å². The SMILES string of the molecule is CC(N)C1CCC2(CC1)OCc1ccccc12. The van der Waals surface area contributed by atoms with E-state index in [1.54, 1.807) is 0 Å². The molecule has 92 valence electrons. The number of hydrogen-bond donors (Lipinski definition) is 1. The van der Waals surface area contributed by atoms with Gasteiger partial charge in [0, 0.05) is 6.04 Å². The van der Waals surface area contributed by atoms with Crippen LogP contribution in [0.5, 0.6) is 0 Å². The highest BCUT2D eigenvalue weighted by Crippen LogP contribution is 2.48. The standard InChI is InChI=1S/C15H21NO/c1-11(16)12-6-8-15(9-7-12)14-5-3-2-4-13(14)10-17-15/h2-5,11-12H,6-10,16H2,1H3. The zero-order valence-electron chi connectivity index (χ0n) is 10.5. The maximum absolute atomic E-state index is 6.14. The predicted molar refractivity (Wildman–Crippen MR) is 68.5 cm³/mol. The molecule has 1 unspecified atom stereocenters. The van der Waals surface area contributed by atoms with Gasteiger partial charge in [-0.15, -0.1) is 0 Å². The Balaban J connectivity index is 1.82. The highest BCUT2D eigenvalue weighted by Gasteiger charge is 2.43. The minimum Gasteiger partial charge on any atom is -0.366 e. The second kappa shape index (κ2) is 4.11. The van der Waals surface area contributed by atoms with Crippen LogP contribution in [0.15, 0.2) is 24.3 Å². The monoisotopic (exact) mass is 231 g/mol. The fourth-order valence-electron chi connectivity index (χ4n) is 3.43. The summed E-state index contributed by atoms with van der Waals surface area (Å²) in [5, 5.41) is 0. The summed E-state index contributed by atoms with van der Waals surface area (Å²) in [6.45, 7) is 2.92. The van der Waals surface area contributed by atoms with Crippen molar-refractivity contribution in [3.05, 3.63) is 35.4 Å². The number of hydrogen-bond acceptors (Lipinski definition) is 2. The van der Waals surface area contributed by atoms with Crippen LogP contribution < -0.4 is 5.73 Å². The van der Waals surface area contributed by atoms with Gasteiger partial charge >= 0.3 is 0 Å². The Bertz CT molecular complexity index is 405. The maximum atomic E-state index is 6.14. The Morgan fingerprint density at radius 2 is 2.00 bits per heavy atom. The lowest BCUT2D eigenvalue weighted by molar-refractivity contribution is -0.0737. The summed E-state index contributed by atoms with van der Waals surface area (Å²) in [6, 6.07) is 9.00. The van der Waals surface area contributed by atoms with E-state index in [1.807, 2.05) is 0 Å². The van der Waals surface area contributed by atoms with E-state index in [0.29, 0.717) is 12.0 Å². The van der Waals surface area contributed by atoms with E-state index in [1.165, 1.54) is 24.0 Å². The van der Waals surface area contributed by atoms with E-state index >= 15 is 0 Å². The van der Waals surface area contributed by atoms with Crippen molar-refractivity contribution in [3.8, 4) is 0 Å². The van der Waals surface area contributed by atoms with Gasteiger partial charge in [0.25, 0.3) is 0 Å². The summed E-state index contributed by atoms with van der Waals surface area (Å²) in [5.41, 5.74) is 8.84. The maximum Gasteiger partial charge on any atom is 0.0939 e. The van der Waals surface area contributed by atoms with Gasteiger partial charge in [0.15, 0.2) is 0 Å². The number of ether oxygens (including phenoxy) is 1. The molecule has 0 amide bonds. The second-order valence-electron chi connectivity index (χ2n) is 5.64. The minimum absolute atomic E-state index is 0.0159. The predicted octanol–water partition coefficient (Wildman–Crippen LogP) is 2.95. The molecule has 0 radical (unpaired) electrons. The molecule has 1 heterocycles. The molecular weight excluding hydrogens is 210 g/mol. The van der Waals surface area contributed by atoms with Gasteiger partial charge in [-0.05, 0) is 49.7 Å². The Morgan fingerprint density at radius 3 is 2.71 bits per heavy atom. The molecule has 1 saturated carbocycles. The van der Waals surface area contributed by atoms with Gasteiger partial charge in [0.1, 0.15) is 0 Å². The second-order valence-corrected chi connectivity index (χ2v) is 5.64. The normalized spacial score (nSPS) is 33.6. The molecule has 0 saturated heterocycles. The summed E-state index contributed by atoms with van der Waals surface area (Å²) in [7, 11) is 0.